The number of nitrogens with zero attached hydrogens (tertiary/aromatic N) is 3. The lowest BCUT2D eigenvalue weighted by Gasteiger charge is -2.34. The third-order valence-corrected chi connectivity index (χ3v) is 5.42. The fraction of sp³-hybridized carbons (Fsp3) is 0.500. The molecule has 3 rings (SSSR count). The van der Waals surface area contributed by atoms with Crippen molar-refractivity contribution in [2.45, 2.75) is 12.6 Å². The van der Waals surface area contributed by atoms with Crippen molar-refractivity contribution in [2.24, 2.45) is 0 Å². The Morgan fingerprint density at radius 3 is 2.50 bits per heavy atom. The zero-order valence-corrected chi connectivity index (χ0v) is 13.1. The number of urea groups is 1. The third-order valence-electron chi connectivity index (χ3n) is 4.15. The molecule has 0 N–H and O–H groups in total. The Hall–Kier alpha value is -1.67. The molecule has 22 heavy (non-hydrogen) atoms. The molecule has 0 saturated carbocycles. The monoisotopic (exact) mass is 327 g/mol. The molecule has 0 radical (unpaired) electrons. The van der Waals surface area contributed by atoms with Gasteiger partial charge in [0.1, 0.15) is 5.82 Å². The lowest BCUT2D eigenvalue weighted by atomic mass is 10.2. The maximum Gasteiger partial charge on any atom is 0.320 e. The summed E-state index contributed by atoms with van der Waals surface area (Å²) in [6, 6.07) is 5.85. The minimum atomic E-state index is -3.23. The van der Waals surface area contributed by atoms with Crippen molar-refractivity contribution in [3.63, 3.8) is 0 Å². The van der Waals surface area contributed by atoms with Crippen LogP contribution in [0.5, 0.6) is 0 Å². The first-order chi connectivity index (χ1) is 10.3. The average molecular weight is 327 g/mol. The van der Waals surface area contributed by atoms with Crippen LogP contribution in [0.2, 0.25) is 0 Å². The van der Waals surface area contributed by atoms with E-state index in [0.717, 1.165) is 5.56 Å². The fourth-order valence-corrected chi connectivity index (χ4v) is 3.85. The van der Waals surface area contributed by atoms with Gasteiger partial charge in [-0.25, -0.2) is 17.6 Å². The number of sulfonamides is 1. The van der Waals surface area contributed by atoms with Gasteiger partial charge in [-0.15, -0.1) is 0 Å². The van der Waals surface area contributed by atoms with E-state index >= 15 is 0 Å². The van der Waals surface area contributed by atoms with Crippen LogP contribution in [0, 0.1) is 5.82 Å². The van der Waals surface area contributed by atoms with Crippen LogP contribution in [0.1, 0.15) is 5.56 Å². The molecular formula is C14H18FN3O3S. The summed E-state index contributed by atoms with van der Waals surface area (Å²) < 4.78 is 37.6. The topological polar surface area (TPSA) is 60.9 Å². The van der Waals surface area contributed by atoms with E-state index in [9.17, 15) is 17.6 Å². The summed E-state index contributed by atoms with van der Waals surface area (Å²) in [4.78, 5) is 15.8. The van der Waals surface area contributed by atoms with Gasteiger partial charge >= 0.3 is 6.03 Å². The second-order valence-electron chi connectivity index (χ2n) is 5.76. The number of carbonyl (C=O) groups excluding carboxylic acids is 1. The Bertz CT molecular complexity index is 677. The molecule has 0 unspecified atom stereocenters. The Morgan fingerprint density at radius 2 is 1.86 bits per heavy atom. The van der Waals surface area contributed by atoms with Crippen molar-refractivity contribution in [3.05, 3.63) is 35.6 Å². The van der Waals surface area contributed by atoms with Crippen LogP contribution >= 0.6 is 0 Å². The molecular weight excluding hydrogens is 309 g/mol. The van der Waals surface area contributed by atoms with Gasteiger partial charge < -0.3 is 9.80 Å². The zero-order chi connectivity index (χ0) is 15.9. The van der Waals surface area contributed by atoms with Crippen molar-refractivity contribution in [1.82, 2.24) is 14.1 Å². The first kappa shape index (κ1) is 15.2. The maximum atomic E-state index is 12.9. The Balaban J connectivity index is 1.70. The predicted molar refractivity (Wildman–Crippen MR) is 79.1 cm³/mol. The number of amides is 2. The van der Waals surface area contributed by atoms with Crippen LogP contribution in [-0.2, 0) is 16.6 Å². The van der Waals surface area contributed by atoms with Crippen molar-refractivity contribution < 1.29 is 17.6 Å². The van der Waals surface area contributed by atoms with Gasteiger partial charge in [0, 0.05) is 32.7 Å². The molecule has 8 heteroatoms. The van der Waals surface area contributed by atoms with Crippen molar-refractivity contribution in [3.8, 4) is 0 Å². The van der Waals surface area contributed by atoms with E-state index < -0.39 is 10.0 Å². The predicted octanol–water partition coefficient (Wildman–Crippen LogP) is 0.707. The number of piperazine rings is 1. The van der Waals surface area contributed by atoms with E-state index in [2.05, 4.69) is 0 Å². The van der Waals surface area contributed by atoms with E-state index in [4.69, 9.17) is 0 Å². The van der Waals surface area contributed by atoms with Gasteiger partial charge in [0.15, 0.2) is 0 Å². The molecule has 120 valence electrons. The number of rotatable bonds is 3. The summed E-state index contributed by atoms with van der Waals surface area (Å²) in [5, 5.41) is 0. The third kappa shape index (κ3) is 2.93. The van der Waals surface area contributed by atoms with Crippen LogP contribution in [0.4, 0.5) is 9.18 Å². The largest absolute Gasteiger partial charge is 0.320 e. The number of hydrogen-bond acceptors (Lipinski definition) is 3. The average Bonchev–Trinajstić information content (AvgIpc) is 2.77. The molecule has 2 saturated heterocycles. The molecule has 0 aromatic heterocycles. The van der Waals surface area contributed by atoms with Crippen molar-refractivity contribution in [2.75, 3.05) is 32.4 Å². The summed E-state index contributed by atoms with van der Waals surface area (Å²) in [7, 11) is -3.23. The number of carbonyl (C=O) groups is 1. The highest BCUT2D eigenvalue weighted by Gasteiger charge is 2.42. The second-order valence-corrected chi connectivity index (χ2v) is 7.74. The highest BCUT2D eigenvalue weighted by molar-refractivity contribution is 7.88. The number of hydrogen-bond donors (Lipinski definition) is 0. The minimum absolute atomic E-state index is 0.0810. The van der Waals surface area contributed by atoms with Crippen LogP contribution in [0.25, 0.3) is 0 Å². The molecule has 2 heterocycles. The summed E-state index contributed by atoms with van der Waals surface area (Å²) >= 11 is 0. The quantitative estimate of drug-likeness (QED) is 0.821. The first-order valence-electron chi connectivity index (χ1n) is 7.10. The second kappa shape index (κ2) is 5.51. The molecule has 0 bridgehead atoms. The summed E-state index contributed by atoms with van der Waals surface area (Å²) in [6.45, 7) is 1.99. The van der Waals surface area contributed by atoms with Crippen molar-refractivity contribution >= 4 is 16.1 Å². The van der Waals surface area contributed by atoms with Crippen LogP contribution in [0.15, 0.2) is 24.3 Å². The SMILES string of the molecule is CS(=O)(=O)N1CCN2C(=O)N(Cc3ccc(F)cc3)C[C@H]2C1. The van der Waals surface area contributed by atoms with Crippen LogP contribution in [-0.4, -0.2) is 67.0 Å². The fourth-order valence-electron chi connectivity index (χ4n) is 2.99. The molecule has 2 fully saturated rings. The molecule has 2 aliphatic heterocycles. The lowest BCUT2D eigenvalue weighted by Crippen LogP contribution is -2.53. The van der Waals surface area contributed by atoms with Crippen molar-refractivity contribution in [1.29, 1.82) is 0 Å². The Morgan fingerprint density at radius 1 is 1.18 bits per heavy atom. The summed E-state index contributed by atoms with van der Waals surface area (Å²) in [5.41, 5.74) is 0.856. The number of fused-ring (bicyclic) bond motifs is 1. The summed E-state index contributed by atoms with van der Waals surface area (Å²) in [6.07, 6.45) is 1.19. The Labute approximate surface area is 129 Å². The van der Waals surface area contributed by atoms with Gasteiger partial charge in [0.25, 0.3) is 0 Å². The highest BCUT2D eigenvalue weighted by atomic mass is 32.2. The normalized spacial score (nSPS) is 23.0. The lowest BCUT2D eigenvalue weighted by molar-refractivity contribution is 0.159. The van der Waals surface area contributed by atoms with E-state index in [-0.39, 0.29) is 17.9 Å². The van der Waals surface area contributed by atoms with Gasteiger partial charge in [0.2, 0.25) is 10.0 Å². The molecule has 2 aliphatic rings. The van der Waals surface area contributed by atoms with E-state index in [1.54, 1.807) is 21.9 Å². The van der Waals surface area contributed by atoms with Gasteiger partial charge in [-0.05, 0) is 17.7 Å². The van der Waals surface area contributed by atoms with Crippen LogP contribution < -0.4 is 0 Å². The molecule has 0 aliphatic carbocycles. The zero-order valence-electron chi connectivity index (χ0n) is 12.3. The van der Waals surface area contributed by atoms with Gasteiger partial charge in [-0.3, -0.25) is 0 Å². The van der Waals surface area contributed by atoms with Gasteiger partial charge in [0.05, 0.1) is 12.3 Å². The van der Waals surface area contributed by atoms with E-state index in [0.29, 0.717) is 32.7 Å². The smallest absolute Gasteiger partial charge is 0.318 e. The van der Waals surface area contributed by atoms with Gasteiger partial charge in [-0.2, -0.15) is 4.31 Å². The van der Waals surface area contributed by atoms with E-state index in [1.165, 1.54) is 22.7 Å². The number of benzene rings is 1. The standard InChI is InChI=1S/C14H18FN3O3S/c1-22(20,21)17-6-7-18-13(10-17)9-16(14(18)19)8-11-2-4-12(15)5-3-11/h2-5,13H,6-10H2,1H3/t13-/m0/s1. The molecule has 1 aromatic carbocycles. The van der Waals surface area contributed by atoms with Gasteiger partial charge in [-0.1, -0.05) is 12.1 Å². The molecule has 1 aromatic rings. The molecule has 1 atom stereocenters. The number of halogens is 1. The Kier molecular flexibility index (Phi) is 3.82. The summed E-state index contributed by atoms with van der Waals surface area (Å²) in [5.74, 6) is -0.308. The molecule has 2 amide bonds. The van der Waals surface area contributed by atoms with E-state index in [1.807, 2.05) is 0 Å². The van der Waals surface area contributed by atoms with Crippen LogP contribution in [0.3, 0.4) is 0 Å². The molecule has 6 nitrogen and oxygen atoms in total. The maximum absolute atomic E-state index is 12.9. The highest BCUT2D eigenvalue weighted by Crippen LogP contribution is 2.23. The minimum Gasteiger partial charge on any atom is -0.318 e. The molecule has 0 spiro atoms. The first-order valence-corrected chi connectivity index (χ1v) is 8.94.